The van der Waals surface area contributed by atoms with Crippen LogP contribution in [-0.4, -0.2) is 54.8 Å². The maximum Gasteiger partial charge on any atom is 0.250 e. The summed E-state index contributed by atoms with van der Waals surface area (Å²) in [5.74, 6) is -3.10. The first-order chi connectivity index (χ1) is 14.3. The average Bonchev–Trinajstić information content (AvgIpc) is 3.27. The molecule has 3 aliphatic rings. The second kappa shape index (κ2) is 7.48. The van der Waals surface area contributed by atoms with Crippen LogP contribution < -0.4 is 16.4 Å². The number of carbonyl (C=O) groups is 4. The number of amides is 4. The van der Waals surface area contributed by atoms with E-state index < -0.39 is 29.3 Å². The Bertz CT molecular complexity index is 932. The van der Waals surface area contributed by atoms with E-state index in [1.807, 2.05) is 25.1 Å². The van der Waals surface area contributed by atoms with Gasteiger partial charge in [0.05, 0.1) is 11.8 Å². The first-order valence-electron chi connectivity index (χ1n) is 10.1. The summed E-state index contributed by atoms with van der Waals surface area (Å²) in [5.41, 5.74) is 6.23. The van der Waals surface area contributed by atoms with Crippen LogP contribution in [0.5, 0.6) is 0 Å². The van der Waals surface area contributed by atoms with Crippen molar-refractivity contribution in [1.82, 2.24) is 10.2 Å². The van der Waals surface area contributed by atoms with Crippen molar-refractivity contribution in [1.29, 1.82) is 0 Å². The Morgan fingerprint density at radius 1 is 1.27 bits per heavy atom. The van der Waals surface area contributed by atoms with Gasteiger partial charge in [-0.2, -0.15) is 0 Å². The molecule has 4 atom stereocenters. The highest BCUT2D eigenvalue weighted by molar-refractivity contribution is 6.15. The summed E-state index contributed by atoms with van der Waals surface area (Å²) in [5, 5.41) is 6.16. The number of ether oxygens (including phenoxy) is 1. The molecular weight excluding hydrogens is 388 g/mol. The number of imide groups is 1. The van der Waals surface area contributed by atoms with E-state index in [1.165, 1.54) is 4.90 Å². The van der Waals surface area contributed by atoms with Gasteiger partial charge in [0.1, 0.15) is 5.54 Å². The number of nitrogens with one attached hydrogen (secondary N) is 2. The summed E-state index contributed by atoms with van der Waals surface area (Å²) in [6, 6.07) is 5.05. The molecule has 1 aromatic rings. The normalized spacial score (nSPS) is 29.5. The number of nitrogens with zero attached hydrogens (tertiary/aromatic N) is 1. The lowest BCUT2D eigenvalue weighted by molar-refractivity contribution is -0.143. The number of methoxy groups -OCH3 is 1. The molecule has 1 aromatic carbocycles. The highest BCUT2D eigenvalue weighted by atomic mass is 16.5. The van der Waals surface area contributed by atoms with E-state index in [0.29, 0.717) is 24.3 Å². The van der Waals surface area contributed by atoms with Crippen molar-refractivity contribution in [2.45, 2.75) is 37.8 Å². The van der Waals surface area contributed by atoms with E-state index in [9.17, 15) is 19.2 Å². The van der Waals surface area contributed by atoms with Crippen LogP contribution in [0.25, 0.3) is 0 Å². The van der Waals surface area contributed by atoms with Crippen molar-refractivity contribution < 1.29 is 23.9 Å². The Kier molecular flexibility index (Phi) is 5.11. The van der Waals surface area contributed by atoms with E-state index in [0.717, 1.165) is 5.56 Å². The average molecular weight is 414 g/mol. The van der Waals surface area contributed by atoms with Gasteiger partial charge in [0, 0.05) is 44.0 Å². The molecule has 30 heavy (non-hydrogen) atoms. The van der Waals surface area contributed by atoms with Crippen molar-refractivity contribution in [3.63, 3.8) is 0 Å². The topological polar surface area (TPSA) is 131 Å². The van der Waals surface area contributed by atoms with Gasteiger partial charge in [-0.05, 0) is 25.8 Å². The predicted octanol–water partition coefficient (Wildman–Crippen LogP) is 0.0174. The van der Waals surface area contributed by atoms with E-state index in [2.05, 4.69) is 10.6 Å². The van der Waals surface area contributed by atoms with Crippen LogP contribution in [0.4, 0.5) is 5.69 Å². The molecule has 0 aliphatic carbocycles. The molecule has 2 saturated heterocycles. The number of aryl methyl sites for hydroxylation is 1. The lowest BCUT2D eigenvalue weighted by Gasteiger charge is -2.29. The zero-order valence-electron chi connectivity index (χ0n) is 17.1. The second-order valence-corrected chi connectivity index (χ2v) is 8.24. The molecule has 3 heterocycles. The van der Waals surface area contributed by atoms with Gasteiger partial charge in [0.25, 0.3) is 0 Å². The summed E-state index contributed by atoms with van der Waals surface area (Å²) in [6.45, 7) is 2.56. The zero-order valence-corrected chi connectivity index (χ0v) is 17.1. The predicted molar refractivity (Wildman–Crippen MR) is 107 cm³/mol. The Hall–Kier alpha value is -2.78. The number of carbonyl (C=O) groups excluding carboxylic acids is 4. The molecule has 9 heteroatoms. The molecule has 0 radical (unpaired) electrons. The highest BCUT2D eigenvalue weighted by Crippen LogP contribution is 2.53. The number of primary amides is 1. The summed E-state index contributed by atoms with van der Waals surface area (Å²) < 4.78 is 5.05. The third-order valence-corrected chi connectivity index (χ3v) is 6.39. The van der Waals surface area contributed by atoms with Crippen LogP contribution in [0.1, 0.15) is 30.4 Å². The van der Waals surface area contributed by atoms with Gasteiger partial charge < -0.3 is 15.8 Å². The Morgan fingerprint density at radius 2 is 2.03 bits per heavy atom. The molecule has 0 saturated carbocycles. The quantitative estimate of drug-likeness (QED) is 0.426. The zero-order chi connectivity index (χ0) is 21.6. The van der Waals surface area contributed by atoms with E-state index in [4.69, 9.17) is 10.5 Å². The number of hydrogen-bond donors (Lipinski definition) is 3. The van der Waals surface area contributed by atoms with Crippen LogP contribution >= 0.6 is 0 Å². The number of rotatable bonds is 7. The fourth-order valence-electron chi connectivity index (χ4n) is 5.11. The lowest BCUT2D eigenvalue weighted by atomic mass is 9.76. The Labute approximate surface area is 174 Å². The maximum absolute atomic E-state index is 13.4. The summed E-state index contributed by atoms with van der Waals surface area (Å²) >= 11 is 0. The number of hydrogen-bond acceptors (Lipinski definition) is 6. The van der Waals surface area contributed by atoms with Gasteiger partial charge in [-0.3, -0.25) is 29.4 Å². The molecular formula is C21H26N4O5. The molecule has 160 valence electrons. The Balaban J connectivity index is 1.77. The van der Waals surface area contributed by atoms with Crippen molar-refractivity contribution >= 4 is 29.3 Å². The molecule has 4 N–H and O–H groups in total. The standard InChI is InChI=1S/C21H26N4O5/c1-11-4-5-13-12(10-11)21(20(29)23-13)17-16(14(24-21)6-7-15(22)26)18(27)25(19(17)28)8-3-9-30-2/h4-5,10,14,16-17,24H,3,6-9H2,1-2H3,(H2,22,26)(H,23,29)/t14-,16+,17-,21+/m0/s1. The highest BCUT2D eigenvalue weighted by Gasteiger charge is 2.70. The third-order valence-electron chi connectivity index (χ3n) is 6.39. The van der Waals surface area contributed by atoms with Crippen LogP contribution in [0, 0.1) is 18.8 Å². The van der Waals surface area contributed by atoms with Gasteiger partial charge in [-0.25, -0.2) is 0 Å². The van der Waals surface area contributed by atoms with Crippen molar-refractivity contribution in [2.75, 3.05) is 25.6 Å². The molecule has 3 aliphatic heterocycles. The number of nitrogens with two attached hydrogens (primary N) is 1. The molecule has 4 amide bonds. The molecule has 2 fully saturated rings. The largest absolute Gasteiger partial charge is 0.385 e. The summed E-state index contributed by atoms with van der Waals surface area (Å²) in [4.78, 5) is 52.6. The van der Waals surface area contributed by atoms with Gasteiger partial charge >= 0.3 is 0 Å². The molecule has 4 rings (SSSR count). The first kappa shape index (κ1) is 20.5. The van der Waals surface area contributed by atoms with Gasteiger partial charge in [-0.1, -0.05) is 17.7 Å². The first-order valence-corrected chi connectivity index (χ1v) is 10.1. The minimum Gasteiger partial charge on any atom is -0.385 e. The minimum absolute atomic E-state index is 0.0599. The molecule has 1 spiro atoms. The van der Waals surface area contributed by atoms with E-state index in [1.54, 1.807) is 7.11 Å². The van der Waals surface area contributed by atoms with Crippen LogP contribution in [0.15, 0.2) is 18.2 Å². The van der Waals surface area contributed by atoms with E-state index in [-0.39, 0.29) is 37.1 Å². The summed E-state index contributed by atoms with van der Waals surface area (Å²) in [6.07, 6.45) is 0.851. The third kappa shape index (κ3) is 2.92. The van der Waals surface area contributed by atoms with Crippen LogP contribution in [0.2, 0.25) is 0 Å². The van der Waals surface area contributed by atoms with Gasteiger partial charge in [0.15, 0.2) is 0 Å². The second-order valence-electron chi connectivity index (χ2n) is 8.24. The van der Waals surface area contributed by atoms with Gasteiger partial charge in [-0.15, -0.1) is 0 Å². The minimum atomic E-state index is -1.34. The number of anilines is 1. The molecule has 0 bridgehead atoms. The number of fused-ring (bicyclic) bond motifs is 4. The smallest absolute Gasteiger partial charge is 0.250 e. The van der Waals surface area contributed by atoms with Crippen molar-refractivity contribution in [2.24, 2.45) is 17.6 Å². The van der Waals surface area contributed by atoms with Crippen LogP contribution in [-0.2, 0) is 29.5 Å². The number of benzene rings is 1. The monoisotopic (exact) mass is 414 g/mol. The SMILES string of the molecule is COCCCN1C(=O)[C@@H]2[C@H](CCC(N)=O)N[C@@]3(C(=O)Nc4ccc(C)cc43)[C@@H]2C1=O. The summed E-state index contributed by atoms with van der Waals surface area (Å²) in [7, 11) is 1.56. The molecule has 0 aromatic heterocycles. The van der Waals surface area contributed by atoms with E-state index >= 15 is 0 Å². The molecule has 9 nitrogen and oxygen atoms in total. The molecule has 0 unspecified atom stereocenters. The van der Waals surface area contributed by atoms with Gasteiger partial charge in [0.2, 0.25) is 23.6 Å². The van der Waals surface area contributed by atoms with Crippen molar-refractivity contribution in [3.8, 4) is 0 Å². The fraction of sp³-hybridized carbons (Fsp3) is 0.524. The Morgan fingerprint density at radius 3 is 2.73 bits per heavy atom. The lowest BCUT2D eigenvalue weighted by Crippen LogP contribution is -2.53. The maximum atomic E-state index is 13.4. The number of likely N-dealkylation sites (tertiary alicyclic amines) is 1. The van der Waals surface area contributed by atoms with Crippen molar-refractivity contribution in [3.05, 3.63) is 29.3 Å². The van der Waals surface area contributed by atoms with Crippen LogP contribution in [0.3, 0.4) is 0 Å². The fourth-order valence-corrected chi connectivity index (χ4v) is 5.11.